The first kappa shape index (κ1) is 9.99. The highest BCUT2D eigenvalue weighted by atomic mass is 16.5. The first-order chi connectivity index (χ1) is 6.10. The van der Waals surface area contributed by atoms with Gasteiger partial charge >= 0.3 is 0 Å². The van der Waals surface area contributed by atoms with E-state index in [-0.39, 0.29) is 12.0 Å². The fraction of sp³-hybridized carbons (Fsp3) is 0.500. The van der Waals surface area contributed by atoms with Gasteiger partial charge in [-0.25, -0.2) is 4.98 Å². The van der Waals surface area contributed by atoms with E-state index in [0.29, 0.717) is 5.88 Å². The van der Waals surface area contributed by atoms with Crippen molar-refractivity contribution in [1.82, 2.24) is 4.98 Å². The molecule has 0 aliphatic carbocycles. The molecule has 3 nitrogen and oxygen atoms in total. The molecule has 3 heteroatoms. The summed E-state index contributed by atoms with van der Waals surface area (Å²) in [6.45, 7) is 3.96. The Balaban J connectivity index is 3.01. The monoisotopic (exact) mass is 181 g/mol. The summed E-state index contributed by atoms with van der Waals surface area (Å²) in [7, 11) is 1.58. The second kappa shape index (κ2) is 3.75. The van der Waals surface area contributed by atoms with Crippen LogP contribution in [0.5, 0.6) is 5.88 Å². The molecule has 0 unspecified atom stereocenters. The molecule has 72 valence electrons. The number of hydrogen-bond donors (Lipinski definition) is 1. The molecule has 0 aliphatic heterocycles. The van der Waals surface area contributed by atoms with Crippen molar-refractivity contribution >= 4 is 0 Å². The topological polar surface area (TPSA) is 42.4 Å². The lowest BCUT2D eigenvalue weighted by molar-refractivity contribution is 0.214. The molecule has 1 aromatic rings. The molecule has 1 heterocycles. The number of rotatable bonds is 3. The summed E-state index contributed by atoms with van der Waals surface area (Å²) in [6, 6.07) is 5.55. The van der Waals surface area contributed by atoms with Crippen molar-refractivity contribution in [2.24, 2.45) is 0 Å². The Bertz CT molecular complexity index is 284. The summed E-state index contributed by atoms with van der Waals surface area (Å²) in [5.74, 6) is 0.582. The van der Waals surface area contributed by atoms with Crippen LogP contribution in [0.15, 0.2) is 18.2 Å². The van der Waals surface area contributed by atoms with E-state index in [0.717, 1.165) is 5.69 Å². The maximum absolute atomic E-state index is 9.13. The number of aliphatic hydroxyl groups excluding tert-OH is 1. The second-order valence-corrected chi connectivity index (χ2v) is 3.61. The van der Waals surface area contributed by atoms with E-state index in [1.54, 1.807) is 13.2 Å². The molecule has 0 bridgehead atoms. The molecular weight excluding hydrogens is 166 g/mol. The van der Waals surface area contributed by atoms with Gasteiger partial charge in [-0.15, -0.1) is 0 Å². The van der Waals surface area contributed by atoms with Crippen molar-refractivity contribution in [3.8, 4) is 5.88 Å². The summed E-state index contributed by atoms with van der Waals surface area (Å²) in [4.78, 5) is 4.25. The third kappa shape index (κ3) is 2.18. The first-order valence-corrected chi connectivity index (χ1v) is 4.22. The highest BCUT2D eigenvalue weighted by Gasteiger charge is 2.21. The third-order valence-electron chi connectivity index (χ3n) is 2.02. The predicted molar refractivity (Wildman–Crippen MR) is 50.9 cm³/mol. The zero-order valence-corrected chi connectivity index (χ0v) is 8.24. The van der Waals surface area contributed by atoms with Crippen molar-refractivity contribution in [3.05, 3.63) is 23.9 Å². The molecule has 0 amide bonds. The van der Waals surface area contributed by atoms with Crippen LogP contribution in [0.1, 0.15) is 19.5 Å². The molecule has 0 saturated carbocycles. The van der Waals surface area contributed by atoms with Crippen LogP contribution < -0.4 is 4.74 Å². The largest absolute Gasteiger partial charge is 0.481 e. The SMILES string of the molecule is COc1cccc(C(C)(C)CO)n1. The summed E-state index contributed by atoms with van der Waals surface area (Å²) in [5, 5.41) is 9.13. The smallest absolute Gasteiger partial charge is 0.213 e. The van der Waals surface area contributed by atoms with Gasteiger partial charge in [0.05, 0.1) is 19.4 Å². The molecule has 0 aromatic carbocycles. The molecule has 0 saturated heterocycles. The van der Waals surface area contributed by atoms with E-state index in [4.69, 9.17) is 9.84 Å². The number of pyridine rings is 1. The molecule has 1 rings (SSSR count). The molecular formula is C10H15NO2. The Kier molecular flexibility index (Phi) is 2.88. The lowest BCUT2D eigenvalue weighted by Gasteiger charge is -2.20. The van der Waals surface area contributed by atoms with Crippen LogP contribution in [0.3, 0.4) is 0 Å². The van der Waals surface area contributed by atoms with E-state index in [1.165, 1.54) is 0 Å². The molecule has 0 spiro atoms. The number of ether oxygens (including phenoxy) is 1. The fourth-order valence-electron chi connectivity index (χ4n) is 0.986. The second-order valence-electron chi connectivity index (χ2n) is 3.61. The quantitative estimate of drug-likeness (QED) is 0.765. The molecule has 1 N–H and O–H groups in total. The van der Waals surface area contributed by atoms with Crippen molar-refractivity contribution in [3.63, 3.8) is 0 Å². The minimum absolute atomic E-state index is 0.0766. The summed E-state index contributed by atoms with van der Waals surface area (Å²) < 4.78 is 5.00. The van der Waals surface area contributed by atoms with Crippen LogP contribution in [0, 0.1) is 0 Å². The number of hydrogen-bond acceptors (Lipinski definition) is 3. The van der Waals surface area contributed by atoms with Crippen molar-refractivity contribution in [1.29, 1.82) is 0 Å². The van der Waals surface area contributed by atoms with Gasteiger partial charge in [0.25, 0.3) is 0 Å². The van der Waals surface area contributed by atoms with Crippen LogP contribution in [-0.2, 0) is 5.41 Å². The molecule has 0 radical (unpaired) electrons. The van der Waals surface area contributed by atoms with Crippen LogP contribution in [0.25, 0.3) is 0 Å². The molecule has 0 atom stereocenters. The predicted octanol–water partition coefficient (Wildman–Crippen LogP) is 1.36. The number of aliphatic hydroxyl groups is 1. The third-order valence-corrected chi connectivity index (χ3v) is 2.02. The Morgan fingerprint density at radius 2 is 2.15 bits per heavy atom. The van der Waals surface area contributed by atoms with Crippen molar-refractivity contribution in [2.75, 3.05) is 13.7 Å². The highest BCUT2D eigenvalue weighted by Crippen LogP contribution is 2.21. The van der Waals surface area contributed by atoms with Gasteiger partial charge in [-0.05, 0) is 6.07 Å². The van der Waals surface area contributed by atoms with E-state index in [9.17, 15) is 0 Å². The van der Waals surface area contributed by atoms with Gasteiger partial charge < -0.3 is 9.84 Å². The van der Waals surface area contributed by atoms with Crippen LogP contribution in [0.2, 0.25) is 0 Å². The van der Waals surface area contributed by atoms with Crippen LogP contribution in [-0.4, -0.2) is 23.8 Å². The average molecular weight is 181 g/mol. The molecule has 0 aliphatic rings. The Labute approximate surface area is 78.4 Å². The van der Waals surface area contributed by atoms with Crippen LogP contribution in [0.4, 0.5) is 0 Å². The zero-order chi connectivity index (χ0) is 9.90. The highest BCUT2D eigenvalue weighted by molar-refractivity contribution is 5.21. The summed E-state index contributed by atoms with van der Waals surface area (Å²) in [5.41, 5.74) is 0.531. The maximum atomic E-state index is 9.13. The van der Waals surface area contributed by atoms with Gasteiger partial charge in [-0.2, -0.15) is 0 Å². The Morgan fingerprint density at radius 3 is 2.69 bits per heavy atom. The molecule has 1 aromatic heterocycles. The van der Waals surface area contributed by atoms with Gasteiger partial charge in [0.2, 0.25) is 5.88 Å². The standard InChI is InChI=1S/C10H15NO2/c1-10(2,7-12)8-5-4-6-9(11-8)13-3/h4-6,12H,7H2,1-3H3. The lowest BCUT2D eigenvalue weighted by Crippen LogP contribution is -2.23. The van der Waals surface area contributed by atoms with Crippen molar-refractivity contribution < 1.29 is 9.84 Å². The Hall–Kier alpha value is -1.09. The number of nitrogens with zero attached hydrogens (tertiary/aromatic N) is 1. The van der Waals surface area contributed by atoms with Gasteiger partial charge in [0.15, 0.2) is 0 Å². The zero-order valence-electron chi connectivity index (χ0n) is 8.24. The summed E-state index contributed by atoms with van der Waals surface area (Å²) >= 11 is 0. The van der Waals surface area contributed by atoms with Crippen LogP contribution >= 0.6 is 0 Å². The van der Waals surface area contributed by atoms with E-state index >= 15 is 0 Å². The van der Waals surface area contributed by atoms with E-state index in [2.05, 4.69) is 4.98 Å². The van der Waals surface area contributed by atoms with Gasteiger partial charge in [-0.1, -0.05) is 19.9 Å². The normalized spacial score (nSPS) is 11.4. The van der Waals surface area contributed by atoms with Gasteiger partial charge in [-0.3, -0.25) is 0 Å². The lowest BCUT2D eigenvalue weighted by atomic mass is 9.90. The van der Waals surface area contributed by atoms with Gasteiger partial charge in [0.1, 0.15) is 0 Å². The Morgan fingerprint density at radius 1 is 1.46 bits per heavy atom. The first-order valence-electron chi connectivity index (χ1n) is 4.22. The minimum Gasteiger partial charge on any atom is -0.481 e. The number of methoxy groups -OCH3 is 1. The maximum Gasteiger partial charge on any atom is 0.213 e. The van der Waals surface area contributed by atoms with Gasteiger partial charge in [0, 0.05) is 11.5 Å². The fourth-order valence-corrected chi connectivity index (χ4v) is 0.986. The van der Waals surface area contributed by atoms with E-state index < -0.39 is 0 Å². The summed E-state index contributed by atoms with van der Waals surface area (Å²) in [6.07, 6.45) is 0. The average Bonchev–Trinajstić information content (AvgIpc) is 2.18. The van der Waals surface area contributed by atoms with Crippen molar-refractivity contribution in [2.45, 2.75) is 19.3 Å². The minimum atomic E-state index is -0.311. The van der Waals surface area contributed by atoms with E-state index in [1.807, 2.05) is 26.0 Å². The molecule has 0 fully saturated rings. The molecule has 13 heavy (non-hydrogen) atoms. The number of aromatic nitrogens is 1.